The van der Waals surface area contributed by atoms with Gasteiger partial charge in [-0.05, 0) is 211 Å². The van der Waals surface area contributed by atoms with Crippen molar-refractivity contribution >= 4 is 46.8 Å². The summed E-state index contributed by atoms with van der Waals surface area (Å²) in [6.45, 7) is 13.6. The van der Waals surface area contributed by atoms with Gasteiger partial charge in [-0.1, -0.05) is 163 Å². The monoisotopic (exact) mass is 1380 g/mol. The third-order valence-electron chi connectivity index (χ3n) is 22.5. The summed E-state index contributed by atoms with van der Waals surface area (Å²) in [7, 11) is 0. The molecule has 10 rings (SSSR count). The molecule has 3 fully saturated rings. The average Bonchev–Trinajstić information content (AvgIpc) is 1.38. The third kappa shape index (κ3) is 19.1. The topological polar surface area (TPSA) is 266 Å². The Labute approximate surface area is 594 Å². The van der Waals surface area contributed by atoms with Crippen LogP contribution in [0.1, 0.15) is 172 Å². The fraction of sp³-hybridized carbons (Fsp3) is 0.476. The molecule has 0 heterocycles. The molecule has 6 N–H and O–H groups in total. The summed E-state index contributed by atoms with van der Waals surface area (Å²) >= 11 is 0. The van der Waals surface area contributed by atoms with Gasteiger partial charge in [-0.25, -0.2) is 4.79 Å². The second-order valence-electron chi connectivity index (χ2n) is 29.4. The molecule has 0 bridgehead atoms. The van der Waals surface area contributed by atoms with Gasteiger partial charge in [0.25, 0.3) is 5.69 Å². The maximum absolute atomic E-state index is 14.8. The number of amides is 4. The summed E-state index contributed by atoms with van der Waals surface area (Å²) in [4.78, 5) is 91.0. The molecule has 101 heavy (non-hydrogen) atoms. The number of hydrogen-bond acceptors (Lipinski definition) is 14. The second kappa shape index (κ2) is 35.0. The Balaban J connectivity index is 0.750. The predicted octanol–water partition coefficient (Wildman–Crippen LogP) is 16.0. The first-order valence-corrected chi connectivity index (χ1v) is 36.5. The van der Waals surface area contributed by atoms with Gasteiger partial charge in [0.15, 0.2) is 0 Å². The molecule has 4 amide bonds. The number of nitrogens with zero attached hydrogens (tertiary/aromatic N) is 2. The van der Waals surface area contributed by atoms with Gasteiger partial charge in [-0.15, -0.1) is 4.91 Å². The summed E-state index contributed by atoms with van der Waals surface area (Å²) in [5.74, 6) is 2.82. The van der Waals surface area contributed by atoms with E-state index in [1.165, 1.54) is 99.9 Å². The van der Waals surface area contributed by atoms with Crippen LogP contribution in [0.3, 0.4) is 0 Å². The van der Waals surface area contributed by atoms with Crippen molar-refractivity contribution in [3.05, 3.63) is 212 Å². The highest BCUT2D eigenvalue weighted by Gasteiger charge is 2.59. The lowest BCUT2D eigenvalue weighted by molar-refractivity contribution is -0.384. The number of nitro benzene ring substituents is 1. The van der Waals surface area contributed by atoms with Crippen molar-refractivity contribution in [2.24, 2.45) is 51.5 Å². The van der Waals surface area contributed by atoms with Crippen molar-refractivity contribution in [1.29, 1.82) is 0 Å². The van der Waals surface area contributed by atoms with Crippen LogP contribution < -0.4 is 31.3 Å². The third-order valence-corrected chi connectivity index (χ3v) is 22.5. The molecule has 4 aliphatic carbocycles. The van der Waals surface area contributed by atoms with Crippen LogP contribution in [0, 0.1) is 61.4 Å². The lowest BCUT2D eigenvalue weighted by Crippen LogP contribution is -2.53. The fourth-order valence-corrected chi connectivity index (χ4v) is 17.1. The first-order valence-electron chi connectivity index (χ1n) is 36.5. The van der Waals surface area contributed by atoms with Gasteiger partial charge in [0, 0.05) is 50.2 Å². The van der Waals surface area contributed by atoms with E-state index in [0.717, 1.165) is 71.5 Å². The maximum Gasteiger partial charge on any atom is 0.514 e. The number of phenols is 1. The summed E-state index contributed by atoms with van der Waals surface area (Å²) in [5.41, 5.74) is 5.64. The number of nitro groups is 1. The number of rotatable bonds is 34. The molecule has 3 saturated carbocycles. The number of nitrogens with one attached hydrogen (secondary N) is 5. The lowest BCUT2D eigenvalue weighted by Gasteiger charge is -2.58. The molecular formula is C82H101N7O12. The molecule has 536 valence electrons. The van der Waals surface area contributed by atoms with Crippen LogP contribution in [0.5, 0.6) is 11.5 Å². The zero-order valence-electron chi connectivity index (χ0n) is 59.2. The van der Waals surface area contributed by atoms with Crippen molar-refractivity contribution in [1.82, 2.24) is 21.3 Å². The van der Waals surface area contributed by atoms with E-state index in [0.29, 0.717) is 61.2 Å². The minimum Gasteiger partial charge on any atom is -0.508 e. The Morgan fingerprint density at radius 2 is 1.35 bits per heavy atom. The number of hydrogen-bond donors (Lipinski definition) is 6. The first-order chi connectivity index (χ1) is 48.7. The van der Waals surface area contributed by atoms with Crippen molar-refractivity contribution < 1.29 is 48.2 Å². The van der Waals surface area contributed by atoms with E-state index >= 15 is 0 Å². The Bertz CT molecular complexity index is 3740. The molecule has 0 aliphatic heterocycles. The molecule has 4 aliphatic rings. The number of non-ortho nitro benzene ring substituents is 1. The summed E-state index contributed by atoms with van der Waals surface area (Å²) < 4.78 is 17.0. The number of nitroso groups, excluding NO2 is 1. The molecule has 0 radical (unpaired) electrons. The van der Waals surface area contributed by atoms with Gasteiger partial charge in [-0.3, -0.25) is 34.6 Å². The highest BCUT2D eigenvalue weighted by atomic mass is 16.7. The minimum atomic E-state index is -1.28. The molecular weight excluding hydrogens is 1270 g/mol. The summed E-state index contributed by atoms with van der Waals surface area (Å²) in [6.07, 6.45) is 16.8. The van der Waals surface area contributed by atoms with Crippen LogP contribution in [0.25, 0.3) is 0 Å². The van der Waals surface area contributed by atoms with Gasteiger partial charge in [0.2, 0.25) is 23.6 Å². The molecule has 10 atom stereocenters. The largest absolute Gasteiger partial charge is 0.514 e. The van der Waals surface area contributed by atoms with Gasteiger partial charge >= 0.3 is 6.16 Å². The SMILES string of the molecule is CC(C)CCC[C@@H](C)[C@H]1CC[C@H]2[C@@H]3CC=C4C[C@@H](OCCCNC(=O)CCC(=O)N[C@@H](Cc5ccc([N+](=O)[O-])cc5)C(=O)N[C@@H](CCCCNC(c5ccccc5)(c5ccccc5)c5ccc(O)cc5)C(=O)Nc5ccc(COC(=O)Oc6ccc(N=O)cc6)cc5)CC[C@]4(C)[C@H]3CC[C@]12C. The molecule has 0 aromatic heterocycles. The smallest absolute Gasteiger partial charge is 0.508 e. The lowest BCUT2D eigenvalue weighted by atomic mass is 9.47. The highest BCUT2D eigenvalue weighted by Crippen LogP contribution is 2.67. The average molecular weight is 1380 g/mol. The van der Waals surface area contributed by atoms with E-state index in [1.807, 2.05) is 72.8 Å². The number of unbranched alkanes of at least 4 members (excludes halogenated alkanes) is 1. The van der Waals surface area contributed by atoms with Crippen LogP contribution in [0.2, 0.25) is 0 Å². The number of carbonyl (C=O) groups excluding carboxylic acids is 5. The molecule has 19 heteroatoms. The predicted molar refractivity (Wildman–Crippen MR) is 391 cm³/mol. The molecule has 0 spiro atoms. The van der Waals surface area contributed by atoms with Crippen molar-refractivity contribution in [3.8, 4) is 11.5 Å². The normalized spacial score (nSPS) is 21.6. The van der Waals surface area contributed by atoms with Crippen molar-refractivity contribution in [2.45, 2.75) is 181 Å². The Morgan fingerprint density at radius 3 is 2.02 bits per heavy atom. The minimum absolute atomic E-state index is 0.101. The molecule has 0 saturated heterocycles. The van der Waals surface area contributed by atoms with E-state index < -0.39 is 46.4 Å². The Morgan fingerprint density at radius 1 is 0.673 bits per heavy atom. The summed E-state index contributed by atoms with van der Waals surface area (Å²) in [6, 6.07) is 42.3. The molecule has 19 nitrogen and oxygen atoms in total. The molecule has 0 unspecified atom stereocenters. The number of fused-ring (bicyclic) bond motifs is 5. The van der Waals surface area contributed by atoms with Crippen molar-refractivity contribution in [3.63, 3.8) is 0 Å². The van der Waals surface area contributed by atoms with Gasteiger partial charge < -0.3 is 40.6 Å². The first kappa shape index (κ1) is 74.6. The van der Waals surface area contributed by atoms with Crippen LogP contribution in [-0.2, 0) is 47.2 Å². The quantitative estimate of drug-likeness (QED) is 0.00321. The summed E-state index contributed by atoms with van der Waals surface area (Å²) in [5, 5.41) is 40.3. The number of benzene rings is 6. The number of carbonyl (C=O) groups is 5. The van der Waals surface area contributed by atoms with E-state index in [4.69, 9.17) is 14.2 Å². The number of phenolic OH excluding ortho intramolecular Hbond substituents is 1. The Kier molecular flexibility index (Phi) is 25.9. The number of allylic oxidation sites excluding steroid dienone is 1. The number of ether oxygens (including phenoxy) is 3. The van der Waals surface area contributed by atoms with Gasteiger partial charge in [-0.2, -0.15) is 0 Å². The van der Waals surface area contributed by atoms with Crippen LogP contribution in [0.15, 0.2) is 175 Å². The van der Waals surface area contributed by atoms with Crippen molar-refractivity contribution in [2.75, 3.05) is 25.0 Å². The van der Waals surface area contributed by atoms with E-state index in [1.54, 1.807) is 42.0 Å². The fourth-order valence-electron chi connectivity index (χ4n) is 17.1. The zero-order valence-corrected chi connectivity index (χ0v) is 59.2. The number of aromatic hydroxyl groups is 1. The van der Waals surface area contributed by atoms with Gasteiger partial charge in [0.1, 0.15) is 35.9 Å². The molecule has 6 aromatic carbocycles. The van der Waals surface area contributed by atoms with Crippen LogP contribution in [0.4, 0.5) is 21.9 Å². The van der Waals surface area contributed by atoms with E-state index in [2.05, 4.69) is 72.5 Å². The van der Waals surface area contributed by atoms with E-state index in [-0.39, 0.29) is 72.6 Å². The van der Waals surface area contributed by atoms with Crippen LogP contribution in [-0.4, -0.2) is 77.7 Å². The highest BCUT2D eigenvalue weighted by molar-refractivity contribution is 5.98. The zero-order chi connectivity index (χ0) is 71.5. The maximum atomic E-state index is 14.8. The Hall–Kier alpha value is -9.07. The second-order valence-corrected chi connectivity index (χ2v) is 29.4. The number of anilines is 1. The molecule has 6 aromatic rings. The van der Waals surface area contributed by atoms with Crippen LogP contribution >= 0.6 is 0 Å². The van der Waals surface area contributed by atoms with Gasteiger partial charge in [0.05, 0.1) is 16.6 Å². The van der Waals surface area contributed by atoms with E-state index in [9.17, 15) is 44.1 Å². The standard InChI is InChI=1S/C82H101N7O12/c1-55(2)16-14-17-56(3)70-41-42-71-69-40-29-62-53-68(45-47-80(62,4)72(69)46-48-81(70,71)5)99-51-15-49-83-75(91)43-44-76(92)86-74(52-57-25-34-65(35-26-57)89(97)98)78(94)87-73(77(93)85-63-30-23-58(24-31-63)54-100-79(95)101-67-38-32-64(88-96)33-39-67)22-12-13-50-84-82(59-18-8-6-9-19-59,60-20-10-7-11-21-60)61-27-36-66(90)37-28-61/h6-11,18-21,23-39,55-56,68-74,84,90H,12-17,22,40-54H2,1-5H3,(H,83,91)(H,85,93)(H,86,92)(H,87,94)/t56-,68+,69+,70-,71+,72+,73+,74+,80+,81-/m1/s1.